The smallest absolute Gasteiger partial charge is 0.0348 e. The van der Waals surface area contributed by atoms with Crippen LogP contribution in [0.2, 0.25) is 0 Å². The average Bonchev–Trinajstić information content (AvgIpc) is 3.16. The van der Waals surface area contributed by atoms with E-state index in [0.29, 0.717) is 6.04 Å². The van der Waals surface area contributed by atoms with Gasteiger partial charge in [0.05, 0.1) is 0 Å². The van der Waals surface area contributed by atoms with Crippen molar-refractivity contribution in [2.45, 2.75) is 45.1 Å². The van der Waals surface area contributed by atoms with Crippen molar-refractivity contribution in [2.75, 3.05) is 26.2 Å². The van der Waals surface area contributed by atoms with Gasteiger partial charge in [-0.15, -0.1) is 0 Å². The minimum absolute atomic E-state index is 0.592. The van der Waals surface area contributed by atoms with Crippen molar-refractivity contribution in [2.24, 2.45) is 5.92 Å². The fourth-order valence-electron chi connectivity index (χ4n) is 3.33. The van der Waals surface area contributed by atoms with Gasteiger partial charge < -0.3 is 10.2 Å². The summed E-state index contributed by atoms with van der Waals surface area (Å²) in [5.74, 6) is 0.879. The monoisotopic (exact) mass is 272 g/mol. The lowest BCUT2D eigenvalue weighted by Gasteiger charge is -2.20. The Hall–Kier alpha value is -0.860. The molecule has 1 aromatic carbocycles. The third-order valence-corrected chi connectivity index (χ3v) is 4.74. The summed E-state index contributed by atoms with van der Waals surface area (Å²) >= 11 is 0. The molecule has 1 heterocycles. The number of hydrogen-bond donors (Lipinski definition) is 1. The molecule has 1 N–H and O–H groups in total. The van der Waals surface area contributed by atoms with Crippen molar-refractivity contribution >= 4 is 0 Å². The van der Waals surface area contributed by atoms with Crippen LogP contribution in [-0.4, -0.2) is 31.1 Å². The molecule has 110 valence electrons. The topological polar surface area (TPSA) is 15.3 Å². The molecule has 1 unspecified atom stereocenters. The molecule has 0 aromatic heterocycles. The second-order valence-corrected chi connectivity index (χ2v) is 6.58. The summed E-state index contributed by atoms with van der Waals surface area (Å²) in [5, 5.41) is 3.81. The van der Waals surface area contributed by atoms with Crippen LogP contribution in [0, 0.1) is 12.8 Å². The lowest BCUT2D eigenvalue weighted by molar-refractivity contribution is 0.325. The molecule has 0 radical (unpaired) electrons. The highest BCUT2D eigenvalue weighted by Crippen LogP contribution is 2.40. The molecule has 1 saturated carbocycles. The zero-order chi connectivity index (χ0) is 13.8. The number of rotatable bonds is 7. The van der Waals surface area contributed by atoms with Crippen molar-refractivity contribution in [1.29, 1.82) is 0 Å². The predicted octanol–water partition coefficient (Wildman–Crippen LogP) is 3.52. The molecular formula is C18H28N2. The summed E-state index contributed by atoms with van der Waals surface area (Å²) in [5.41, 5.74) is 2.84. The molecular weight excluding hydrogens is 244 g/mol. The van der Waals surface area contributed by atoms with E-state index in [9.17, 15) is 0 Å². The van der Waals surface area contributed by atoms with Crippen LogP contribution in [0.4, 0.5) is 0 Å². The Labute approximate surface area is 123 Å². The van der Waals surface area contributed by atoms with Crippen LogP contribution in [0.25, 0.3) is 0 Å². The van der Waals surface area contributed by atoms with Gasteiger partial charge in [-0.2, -0.15) is 0 Å². The van der Waals surface area contributed by atoms with Crippen molar-refractivity contribution in [3.05, 3.63) is 35.4 Å². The maximum atomic E-state index is 3.81. The molecule has 2 heteroatoms. The number of nitrogens with one attached hydrogen (secondary N) is 1. The molecule has 1 saturated heterocycles. The third kappa shape index (κ3) is 3.83. The van der Waals surface area contributed by atoms with Gasteiger partial charge in [0, 0.05) is 6.04 Å². The molecule has 1 atom stereocenters. The van der Waals surface area contributed by atoms with Crippen molar-refractivity contribution in [1.82, 2.24) is 10.2 Å². The first-order valence-corrected chi connectivity index (χ1v) is 8.35. The largest absolute Gasteiger partial charge is 0.310 e. The number of hydrogen-bond acceptors (Lipinski definition) is 2. The molecule has 0 amide bonds. The standard InChI is InChI=1S/C18H28N2/c1-15-5-7-16(8-6-15)18(17-9-10-17)19-11-4-14-20-12-2-3-13-20/h5-8,17-19H,2-4,9-14H2,1H3. The van der Waals surface area contributed by atoms with E-state index < -0.39 is 0 Å². The lowest BCUT2D eigenvalue weighted by Crippen LogP contribution is -2.28. The van der Waals surface area contributed by atoms with E-state index in [1.165, 1.54) is 62.9 Å². The second kappa shape index (κ2) is 6.73. The van der Waals surface area contributed by atoms with Crippen LogP contribution >= 0.6 is 0 Å². The Bertz CT molecular complexity index is 402. The van der Waals surface area contributed by atoms with E-state index in [-0.39, 0.29) is 0 Å². The highest BCUT2D eigenvalue weighted by molar-refractivity contribution is 5.25. The Morgan fingerprint density at radius 3 is 2.50 bits per heavy atom. The molecule has 3 rings (SSSR count). The Morgan fingerprint density at radius 2 is 1.85 bits per heavy atom. The molecule has 1 aromatic rings. The molecule has 0 bridgehead atoms. The lowest BCUT2D eigenvalue weighted by atomic mass is 10.0. The van der Waals surface area contributed by atoms with Gasteiger partial charge in [-0.05, 0) is 76.7 Å². The first-order valence-electron chi connectivity index (χ1n) is 8.35. The highest BCUT2D eigenvalue weighted by atomic mass is 15.1. The van der Waals surface area contributed by atoms with E-state index in [2.05, 4.69) is 41.4 Å². The zero-order valence-corrected chi connectivity index (χ0v) is 12.8. The van der Waals surface area contributed by atoms with Crippen LogP contribution < -0.4 is 5.32 Å². The van der Waals surface area contributed by atoms with E-state index in [4.69, 9.17) is 0 Å². The molecule has 20 heavy (non-hydrogen) atoms. The van der Waals surface area contributed by atoms with E-state index in [1.807, 2.05) is 0 Å². The van der Waals surface area contributed by atoms with Crippen LogP contribution in [-0.2, 0) is 0 Å². The number of nitrogens with zero attached hydrogens (tertiary/aromatic N) is 1. The molecule has 1 aliphatic heterocycles. The number of benzene rings is 1. The molecule has 0 spiro atoms. The van der Waals surface area contributed by atoms with E-state index in [0.717, 1.165) is 12.5 Å². The van der Waals surface area contributed by atoms with E-state index in [1.54, 1.807) is 0 Å². The van der Waals surface area contributed by atoms with Gasteiger partial charge in [0.2, 0.25) is 0 Å². The van der Waals surface area contributed by atoms with Gasteiger partial charge in [-0.1, -0.05) is 29.8 Å². The van der Waals surface area contributed by atoms with Crippen LogP contribution in [0.5, 0.6) is 0 Å². The summed E-state index contributed by atoms with van der Waals surface area (Å²) in [4.78, 5) is 2.61. The number of aryl methyl sites for hydroxylation is 1. The highest BCUT2D eigenvalue weighted by Gasteiger charge is 2.31. The average molecular weight is 272 g/mol. The molecule has 1 aliphatic carbocycles. The minimum Gasteiger partial charge on any atom is -0.310 e. The Balaban J connectivity index is 1.46. The summed E-state index contributed by atoms with van der Waals surface area (Å²) in [6.45, 7) is 7.25. The maximum Gasteiger partial charge on any atom is 0.0348 e. The van der Waals surface area contributed by atoms with E-state index >= 15 is 0 Å². The summed E-state index contributed by atoms with van der Waals surface area (Å²) < 4.78 is 0. The molecule has 2 aliphatic rings. The zero-order valence-electron chi connectivity index (χ0n) is 12.8. The summed E-state index contributed by atoms with van der Waals surface area (Å²) in [7, 11) is 0. The Kier molecular flexibility index (Phi) is 4.74. The van der Waals surface area contributed by atoms with Gasteiger partial charge in [-0.3, -0.25) is 0 Å². The first-order chi connectivity index (χ1) is 9.83. The van der Waals surface area contributed by atoms with Crippen molar-refractivity contribution < 1.29 is 0 Å². The van der Waals surface area contributed by atoms with Gasteiger partial charge in [0.15, 0.2) is 0 Å². The maximum absolute atomic E-state index is 3.81. The first kappa shape index (κ1) is 14.1. The Morgan fingerprint density at radius 1 is 1.15 bits per heavy atom. The minimum atomic E-state index is 0.592. The van der Waals surface area contributed by atoms with Crippen LogP contribution in [0.1, 0.15) is 49.3 Å². The van der Waals surface area contributed by atoms with Crippen LogP contribution in [0.3, 0.4) is 0 Å². The van der Waals surface area contributed by atoms with Gasteiger partial charge >= 0.3 is 0 Å². The van der Waals surface area contributed by atoms with Crippen LogP contribution in [0.15, 0.2) is 24.3 Å². The molecule has 2 fully saturated rings. The second-order valence-electron chi connectivity index (χ2n) is 6.58. The van der Waals surface area contributed by atoms with Crippen molar-refractivity contribution in [3.63, 3.8) is 0 Å². The number of likely N-dealkylation sites (tertiary alicyclic amines) is 1. The van der Waals surface area contributed by atoms with Gasteiger partial charge in [0.25, 0.3) is 0 Å². The van der Waals surface area contributed by atoms with Gasteiger partial charge in [0.1, 0.15) is 0 Å². The summed E-state index contributed by atoms with van der Waals surface area (Å²) in [6.07, 6.45) is 6.90. The SMILES string of the molecule is Cc1ccc(C(NCCCN2CCCC2)C2CC2)cc1. The quantitative estimate of drug-likeness (QED) is 0.764. The van der Waals surface area contributed by atoms with Gasteiger partial charge in [-0.25, -0.2) is 0 Å². The molecule has 2 nitrogen and oxygen atoms in total. The fourth-order valence-corrected chi connectivity index (χ4v) is 3.33. The fraction of sp³-hybridized carbons (Fsp3) is 0.667. The normalized spacial score (nSPS) is 21.2. The third-order valence-electron chi connectivity index (χ3n) is 4.74. The summed E-state index contributed by atoms with van der Waals surface area (Å²) in [6, 6.07) is 9.71. The van der Waals surface area contributed by atoms with Crippen molar-refractivity contribution in [3.8, 4) is 0 Å². The predicted molar refractivity (Wildman–Crippen MR) is 84.9 cm³/mol.